The molecule has 0 amide bonds. The van der Waals surface area contributed by atoms with Crippen LogP contribution in [-0.2, 0) is 9.47 Å². The fourth-order valence-electron chi connectivity index (χ4n) is 6.19. The summed E-state index contributed by atoms with van der Waals surface area (Å²) in [5.74, 6) is 0.279. The van der Waals surface area contributed by atoms with E-state index in [1.807, 2.05) is 7.11 Å². The fourth-order valence-corrected chi connectivity index (χ4v) is 6.19. The molecule has 4 rings (SSSR count). The molecule has 4 fully saturated rings. The molecule has 0 spiro atoms. The van der Waals surface area contributed by atoms with Gasteiger partial charge in [-0.15, -0.1) is 0 Å². The quantitative estimate of drug-likeness (QED) is 0.830. The van der Waals surface area contributed by atoms with Crippen LogP contribution in [0.15, 0.2) is 0 Å². The SMILES string of the molecule is CO[C@@H]1C[C@@H]2CC(C)(C)OC[C@@]2(O)[C@H]1N1CCC(N2CCCCC2)CC1. The van der Waals surface area contributed by atoms with Crippen molar-refractivity contribution in [2.45, 2.75) is 88.2 Å². The summed E-state index contributed by atoms with van der Waals surface area (Å²) in [5, 5.41) is 11.6. The predicted molar refractivity (Wildman–Crippen MR) is 102 cm³/mol. The zero-order valence-electron chi connectivity index (χ0n) is 17.0. The molecule has 150 valence electrons. The van der Waals surface area contributed by atoms with Crippen molar-refractivity contribution in [1.29, 1.82) is 0 Å². The van der Waals surface area contributed by atoms with E-state index in [0.717, 1.165) is 32.0 Å². The number of likely N-dealkylation sites (tertiary alicyclic amines) is 2. The van der Waals surface area contributed by atoms with Crippen LogP contribution in [-0.4, -0.2) is 84.2 Å². The Morgan fingerprint density at radius 3 is 2.35 bits per heavy atom. The average molecular weight is 367 g/mol. The van der Waals surface area contributed by atoms with Crippen molar-refractivity contribution in [3.05, 3.63) is 0 Å². The third kappa shape index (κ3) is 3.46. The first-order chi connectivity index (χ1) is 12.4. The van der Waals surface area contributed by atoms with E-state index < -0.39 is 5.60 Å². The Labute approximate surface area is 159 Å². The number of fused-ring (bicyclic) bond motifs is 1. The van der Waals surface area contributed by atoms with Gasteiger partial charge in [-0.3, -0.25) is 4.90 Å². The number of hydrogen-bond acceptors (Lipinski definition) is 5. The van der Waals surface area contributed by atoms with Crippen LogP contribution in [0.5, 0.6) is 0 Å². The van der Waals surface area contributed by atoms with Crippen molar-refractivity contribution in [3.63, 3.8) is 0 Å². The summed E-state index contributed by atoms with van der Waals surface area (Å²) in [6, 6.07) is 0.817. The number of ether oxygens (including phenoxy) is 2. The molecule has 0 aromatic heterocycles. The minimum atomic E-state index is -0.756. The molecule has 5 heteroatoms. The van der Waals surface area contributed by atoms with E-state index in [1.165, 1.54) is 45.2 Å². The maximum absolute atomic E-state index is 11.6. The summed E-state index contributed by atoms with van der Waals surface area (Å²) in [6.07, 6.45) is 8.57. The lowest BCUT2D eigenvalue weighted by atomic mass is 9.78. The van der Waals surface area contributed by atoms with Gasteiger partial charge in [-0.1, -0.05) is 6.42 Å². The molecule has 0 unspecified atom stereocenters. The molecule has 3 saturated heterocycles. The van der Waals surface area contributed by atoms with Gasteiger partial charge in [0, 0.05) is 26.2 Å². The Hall–Kier alpha value is -0.200. The summed E-state index contributed by atoms with van der Waals surface area (Å²) in [6.45, 7) is 9.45. The standard InChI is InChI=1S/C21H38N2O3/c1-20(2)14-16-13-18(25-3)19(21(16,24)15-26-20)23-11-7-17(8-12-23)22-9-5-4-6-10-22/h16-19,24H,4-15H2,1-3H3/t16-,18-,19+,21+/m1/s1. The minimum Gasteiger partial charge on any atom is -0.385 e. The molecular weight excluding hydrogens is 328 g/mol. The van der Waals surface area contributed by atoms with Crippen LogP contribution in [0.1, 0.15) is 58.8 Å². The Balaban J connectivity index is 1.43. The Morgan fingerprint density at radius 2 is 1.69 bits per heavy atom. The molecule has 5 nitrogen and oxygen atoms in total. The summed E-state index contributed by atoms with van der Waals surface area (Å²) >= 11 is 0. The van der Waals surface area contributed by atoms with Crippen molar-refractivity contribution in [2.24, 2.45) is 5.92 Å². The molecule has 3 aliphatic heterocycles. The number of piperidine rings is 2. The predicted octanol–water partition coefficient (Wildman–Crippen LogP) is 2.27. The van der Waals surface area contributed by atoms with Crippen LogP contribution in [0.3, 0.4) is 0 Å². The Morgan fingerprint density at radius 1 is 1.00 bits per heavy atom. The first-order valence-corrected chi connectivity index (χ1v) is 10.8. The van der Waals surface area contributed by atoms with Crippen LogP contribution in [0.2, 0.25) is 0 Å². The normalized spacial score (nSPS) is 42.7. The van der Waals surface area contributed by atoms with Gasteiger partial charge in [-0.05, 0) is 71.4 Å². The molecule has 4 atom stereocenters. The summed E-state index contributed by atoms with van der Waals surface area (Å²) in [7, 11) is 1.81. The van der Waals surface area contributed by atoms with Crippen molar-refractivity contribution < 1.29 is 14.6 Å². The first kappa shape index (κ1) is 19.1. The van der Waals surface area contributed by atoms with Crippen LogP contribution >= 0.6 is 0 Å². The lowest BCUT2D eigenvalue weighted by Crippen LogP contribution is -2.63. The van der Waals surface area contributed by atoms with E-state index in [-0.39, 0.29) is 23.7 Å². The summed E-state index contributed by atoms with van der Waals surface area (Å²) in [5.41, 5.74) is -0.889. The van der Waals surface area contributed by atoms with E-state index in [4.69, 9.17) is 9.47 Å². The lowest BCUT2D eigenvalue weighted by Gasteiger charge is -2.50. The number of hydrogen-bond donors (Lipinski definition) is 1. The second kappa shape index (κ2) is 7.32. The van der Waals surface area contributed by atoms with E-state index >= 15 is 0 Å². The van der Waals surface area contributed by atoms with Gasteiger partial charge >= 0.3 is 0 Å². The molecule has 0 aromatic carbocycles. The van der Waals surface area contributed by atoms with Crippen LogP contribution in [0.4, 0.5) is 0 Å². The van der Waals surface area contributed by atoms with Gasteiger partial charge in [0.1, 0.15) is 5.60 Å². The zero-order chi connectivity index (χ0) is 18.4. The van der Waals surface area contributed by atoms with Gasteiger partial charge < -0.3 is 19.5 Å². The zero-order valence-corrected chi connectivity index (χ0v) is 17.0. The van der Waals surface area contributed by atoms with Gasteiger partial charge in [0.15, 0.2) is 0 Å². The minimum absolute atomic E-state index is 0.0795. The monoisotopic (exact) mass is 366 g/mol. The Kier molecular flexibility index (Phi) is 5.39. The van der Waals surface area contributed by atoms with Crippen molar-refractivity contribution in [1.82, 2.24) is 9.80 Å². The smallest absolute Gasteiger partial charge is 0.109 e. The number of aliphatic hydroxyl groups is 1. The molecule has 3 heterocycles. The maximum atomic E-state index is 11.6. The first-order valence-electron chi connectivity index (χ1n) is 10.8. The molecule has 0 radical (unpaired) electrons. The van der Waals surface area contributed by atoms with Gasteiger partial charge in [0.05, 0.1) is 24.4 Å². The molecular formula is C21H38N2O3. The third-order valence-electron chi connectivity index (χ3n) is 7.62. The topological polar surface area (TPSA) is 45.2 Å². The van der Waals surface area contributed by atoms with E-state index in [9.17, 15) is 5.11 Å². The molecule has 0 bridgehead atoms. The van der Waals surface area contributed by atoms with Crippen molar-refractivity contribution in [2.75, 3.05) is 39.9 Å². The van der Waals surface area contributed by atoms with E-state index in [2.05, 4.69) is 23.6 Å². The van der Waals surface area contributed by atoms with E-state index in [0.29, 0.717) is 6.61 Å². The largest absolute Gasteiger partial charge is 0.385 e. The van der Waals surface area contributed by atoms with Crippen LogP contribution in [0.25, 0.3) is 0 Å². The number of methoxy groups -OCH3 is 1. The molecule has 26 heavy (non-hydrogen) atoms. The van der Waals surface area contributed by atoms with E-state index in [1.54, 1.807) is 0 Å². The molecule has 0 aromatic rings. The molecule has 1 N–H and O–H groups in total. The Bertz CT molecular complexity index is 486. The van der Waals surface area contributed by atoms with Crippen molar-refractivity contribution in [3.8, 4) is 0 Å². The highest BCUT2D eigenvalue weighted by Gasteiger charge is 2.60. The summed E-state index contributed by atoms with van der Waals surface area (Å²) < 4.78 is 11.9. The fraction of sp³-hybridized carbons (Fsp3) is 1.00. The van der Waals surface area contributed by atoms with Crippen LogP contribution < -0.4 is 0 Å². The number of rotatable bonds is 3. The molecule has 4 aliphatic rings. The maximum Gasteiger partial charge on any atom is 0.109 e. The molecule has 1 saturated carbocycles. The van der Waals surface area contributed by atoms with Gasteiger partial charge in [0.2, 0.25) is 0 Å². The highest BCUT2D eigenvalue weighted by molar-refractivity contribution is 5.12. The summed E-state index contributed by atoms with van der Waals surface area (Å²) in [4.78, 5) is 5.24. The molecule has 1 aliphatic carbocycles. The van der Waals surface area contributed by atoms with Gasteiger partial charge in [-0.25, -0.2) is 0 Å². The average Bonchev–Trinajstić information content (AvgIpc) is 2.94. The second-order valence-corrected chi connectivity index (χ2v) is 9.76. The highest BCUT2D eigenvalue weighted by atomic mass is 16.5. The highest BCUT2D eigenvalue weighted by Crippen LogP contribution is 2.48. The van der Waals surface area contributed by atoms with Gasteiger partial charge in [-0.2, -0.15) is 0 Å². The van der Waals surface area contributed by atoms with Crippen molar-refractivity contribution >= 4 is 0 Å². The number of nitrogens with zero attached hydrogens (tertiary/aromatic N) is 2. The third-order valence-corrected chi connectivity index (χ3v) is 7.62. The van der Waals surface area contributed by atoms with Crippen LogP contribution in [0, 0.1) is 5.92 Å². The second-order valence-electron chi connectivity index (χ2n) is 9.76. The lowest BCUT2D eigenvalue weighted by molar-refractivity contribution is -0.200. The van der Waals surface area contributed by atoms with Gasteiger partial charge in [0.25, 0.3) is 0 Å².